The monoisotopic (exact) mass is 403 g/mol. The zero-order valence-electron chi connectivity index (χ0n) is 17.6. The van der Waals surface area contributed by atoms with E-state index in [9.17, 15) is 0 Å². The van der Waals surface area contributed by atoms with Crippen molar-refractivity contribution in [2.24, 2.45) is 0 Å². The largest absolute Gasteiger partial charge is 0.410 e. The summed E-state index contributed by atoms with van der Waals surface area (Å²) in [5, 5.41) is 3.54. The normalized spacial score (nSPS) is 10.7. The van der Waals surface area contributed by atoms with Gasteiger partial charge in [0.05, 0.1) is 0 Å². The summed E-state index contributed by atoms with van der Waals surface area (Å²) in [5.74, 6) is 0. The van der Waals surface area contributed by atoms with Gasteiger partial charge in [0.25, 0.3) is 0 Å². The zero-order chi connectivity index (χ0) is 20.5. The highest BCUT2D eigenvalue weighted by molar-refractivity contribution is 7.15. The van der Waals surface area contributed by atoms with Crippen molar-refractivity contribution in [1.82, 2.24) is 0 Å². The van der Waals surface area contributed by atoms with Crippen LogP contribution >= 0.6 is 11.5 Å². The molecule has 3 rings (SSSR count). The molecule has 0 radical (unpaired) electrons. The third-order valence-electron chi connectivity index (χ3n) is 5.33. The van der Waals surface area contributed by atoms with Crippen molar-refractivity contribution >= 4 is 28.9 Å². The van der Waals surface area contributed by atoms with Gasteiger partial charge in [0.15, 0.2) is 0 Å². The van der Waals surface area contributed by atoms with E-state index in [1.807, 2.05) is 18.2 Å². The first kappa shape index (κ1) is 21.5. The summed E-state index contributed by atoms with van der Waals surface area (Å²) in [6.07, 6.45) is 6.84. The van der Waals surface area contributed by atoms with Crippen molar-refractivity contribution in [2.45, 2.75) is 52.4 Å². The van der Waals surface area contributed by atoms with Crippen LogP contribution in [0.25, 0.3) is 11.1 Å². The minimum atomic E-state index is -0.264. The lowest BCUT2D eigenvalue weighted by Gasteiger charge is -2.17. The third kappa shape index (κ3) is 6.14. The van der Waals surface area contributed by atoms with E-state index in [2.05, 4.69) is 73.7 Å². The van der Waals surface area contributed by atoms with Gasteiger partial charge in [-0.3, -0.25) is 0 Å². The highest BCUT2D eigenvalue weighted by Gasteiger charge is 2.16. The smallest absolute Gasteiger partial charge is 0.392 e. The molecule has 0 atom stereocenters. The van der Waals surface area contributed by atoms with Crippen LogP contribution < -0.4 is 10.7 Å². The van der Waals surface area contributed by atoms with Gasteiger partial charge < -0.3 is 5.23 Å². The summed E-state index contributed by atoms with van der Waals surface area (Å²) >= 11 is 6.71. The van der Waals surface area contributed by atoms with Crippen molar-refractivity contribution in [2.75, 3.05) is 5.23 Å². The molecular weight excluding hydrogens is 373 g/mol. The van der Waals surface area contributed by atoms with Crippen molar-refractivity contribution < 1.29 is 0 Å². The number of halogens is 1. The van der Waals surface area contributed by atoms with Gasteiger partial charge in [-0.05, 0) is 60.0 Å². The van der Waals surface area contributed by atoms with Crippen molar-refractivity contribution in [3.8, 4) is 11.1 Å². The highest BCUT2D eigenvalue weighted by atomic mass is 35.5. The number of anilines is 1. The Hall–Kier alpha value is -2.19. The molecule has 0 saturated carbocycles. The molecule has 0 spiro atoms. The van der Waals surface area contributed by atoms with E-state index in [0.717, 1.165) is 24.0 Å². The Bertz CT molecular complexity index is 894. The van der Waals surface area contributed by atoms with Gasteiger partial charge in [-0.2, -0.15) is 11.5 Å². The van der Waals surface area contributed by atoms with Crippen LogP contribution in [0.15, 0.2) is 72.8 Å². The quantitative estimate of drug-likeness (QED) is 0.356. The number of hydrogen-bond acceptors (Lipinski definition) is 1. The summed E-state index contributed by atoms with van der Waals surface area (Å²) in [7, 11) is 0. The third-order valence-corrected chi connectivity index (χ3v) is 5.70. The minimum absolute atomic E-state index is 0.264. The van der Waals surface area contributed by atoms with E-state index in [0.29, 0.717) is 0 Å². The molecule has 0 unspecified atom stereocenters. The van der Waals surface area contributed by atoms with Crippen molar-refractivity contribution in [3.05, 3.63) is 83.9 Å². The van der Waals surface area contributed by atoms with Crippen LogP contribution in [0.2, 0.25) is 0 Å². The van der Waals surface area contributed by atoms with Gasteiger partial charge in [-0.1, -0.05) is 87.4 Å². The summed E-state index contributed by atoms with van der Waals surface area (Å²) in [5.41, 5.74) is 7.44. The Morgan fingerprint density at radius 1 is 0.759 bits per heavy atom. The predicted octanol–water partition coefficient (Wildman–Crippen LogP) is 7.08. The van der Waals surface area contributed by atoms with Gasteiger partial charge in [0, 0.05) is 11.3 Å². The van der Waals surface area contributed by atoms with E-state index in [1.165, 1.54) is 47.9 Å². The number of rotatable bonds is 10. The van der Waals surface area contributed by atoms with Gasteiger partial charge in [0.1, 0.15) is 0 Å². The van der Waals surface area contributed by atoms with Gasteiger partial charge in [0.2, 0.25) is 0 Å². The van der Waals surface area contributed by atoms with E-state index < -0.39 is 0 Å². The molecule has 0 aromatic heterocycles. The van der Waals surface area contributed by atoms with Gasteiger partial charge in [-0.25, -0.2) is 0 Å². The fourth-order valence-electron chi connectivity index (χ4n) is 3.61. The number of aryl methyl sites for hydroxylation is 2. The van der Waals surface area contributed by atoms with Gasteiger partial charge in [-0.15, -0.1) is 0 Å². The summed E-state index contributed by atoms with van der Waals surface area (Å²) in [6, 6.07) is 25.9. The molecule has 1 N–H and O–H groups in total. The van der Waals surface area contributed by atoms with E-state index >= 15 is 0 Å². The van der Waals surface area contributed by atoms with Crippen molar-refractivity contribution in [1.29, 1.82) is 0 Å². The van der Waals surface area contributed by atoms with Crippen LogP contribution in [0.5, 0.6) is 0 Å². The number of hydrogen-bond donors (Lipinski definition) is 1. The molecule has 29 heavy (non-hydrogen) atoms. The zero-order valence-corrected chi connectivity index (χ0v) is 18.4. The molecule has 1 nitrogen and oxygen atoms in total. The van der Waals surface area contributed by atoms with Crippen LogP contribution in [0, 0.1) is 0 Å². The molecular formula is C26H31BClN. The topological polar surface area (TPSA) is 12.0 Å². The summed E-state index contributed by atoms with van der Waals surface area (Å²) in [6.45, 7) is 4.49. The SMILES string of the molecule is CCCCc1cccc(-c2cc(CCCC)ccc2NB(Cl)c2ccccc2)c1. The maximum atomic E-state index is 6.71. The second-order valence-corrected chi connectivity index (χ2v) is 8.14. The Balaban J connectivity index is 1.93. The molecule has 0 aliphatic rings. The average molecular weight is 404 g/mol. The molecule has 150 valence electrons. The summed E-state index contributed by atoms with van der Waals surface area (Å²) < 4.78 is 0. The van der Waals surface area contributed by atoms with Gasteiger partial charge >= 0.3 is 6.26 Å². The first-order chi connectivity index (χ1) is 14.2. The van der Waals surface area contributed by atoms with E-state index in [4.69, 9.17) is 11.5 Å². The number of unbranched alkanes of at least 4 members (excludes halogenated alkanes) is 2. The average Bonchev–Trinajstić information content (AvgIpc) is 2.77. The fourth-order valence-corrected chi connectivity index (χ4v) is 3.87. The van der Waals surface area contributed by atoms with E-state index in [1.54, 1.807) is 0 Å². The molecule has 0 aliphatic heterocycles. The molecule has 3 heteroatoms. The second-order valence-electron chi connectivity index (χ2n) is 7.70. The van der Waals surface area contributed by atoms with Crippen LogP contribution in [0.3, 0.4) is 0 Å². The Morgan fingerprint density at radius 3 is 2.14 bits per heavy atom. The van der Waals surface area contributed by atoms with Crippen LogP contribution in [0.1, 0.15) is 50.7 Å². The Morgan fingerprint density at radius 2 is 1.45 bits per heavy atom. The van der Waals surface area contributed by atoms with Crippen LogP contribution in [-0.2, 0) is 12.8 Å². The molecule has 0 aliphatic carbocycles. The molecule has 0 amide bonds. The molecule has 0 bridgehead atoms. The predicted molar refractivity (Wildman–Crippen MR) is 130 cm³/mol. The Labute approximate surface area is 181 Å². The van der Waals surface area contributed by atoms with Crippen LogP contribution in [-0.4, -0.2) is 6.26 Å². The molecule has 3 aromatic rings. The van der Waals surface area contributed by atoms with Crippen molar-refractivity contribution in [3.63, 3.8) is 0 Å². The second kappa shape index (κ2) is 11.1. The molecule has 0 saturated heterocycles. The van der Waals surface area contributed by atoms with E-state index in [-0.39, 0.29) is 6.26 Å². The maximum Gasteiger partial charge on any atom is 0.392 e. The lowest BCUT2D eigenvalue weighted by Crippen LogP contribution is -2.33. The lowest BCUT2D eigenvalue weighted by molar-refractivity contribution is 0.794. The fraction of sp³-hybridized carbons (Fsp3) is 0.308. The molecule has 3 aromatic carbocycles. The first-order valence-corrected chi connectivity index (χ1v) is 11.3. The molecule has 0 heterocycles. The first-order valence-electron chi connectivity index (χ1n) is 10.9. The standard InChI is InChI=1S/C26H31BClN/c1-3-5-11-21-13-10-14-23(19-21)25-20-22(12-6-4-2)17-18-26(25)29-27(28)24-15-8-7-9-16-24/h7-10,13-20,29H,3-6,11-12H2,1-2H3. The maximum absolute atomic E-state index is 6.71. The summed E-state index contributed by atoms with van der Waals surface area (Å²) in [4.78, 5) is 0. The van der Waals surface area contributed by atoms with Crippen LogP contribution in [0.4, 0.5) is 5.69 Å². The number of benzene rings is 3. The molecule has 0 fully saturated rings. The number of nitrogens with one attached hydrogen (secondary N) is 1. The highest BCUT2D eigenvalue weighted by Crippen LogP contribution is 2.31. The lowest BCUT2D eigenvalue weighted by atomic mass is 9.80. The minimum Gasteiger partial charge on any atom is -0.410 e. The Kier molecular flexibility index (Phi) is 8.25.